The second kappa shape index (κ2) is 7.20. The fourth-order valence-electron chi connectivity index (χ4n) is 2.34. The van der Waals surface area contributed by atoms with Crippen molar-refractivity contribution in [3.05, 3.63) is 70.8 Å². The molecule has 1 atom stereocenters. The van der Waals surface area contributed by atoms with Crippen LogP contribution in [-0.2, 0) is 21.6 Å². The van der Waals surface area contributed by atoms with E-state index in [9.17, 15) is 13.6 Å². The van der Waals surface area contributed by atoms with Gasteiger partial charge in [-0.3, -0.25) is 5.32 Å². The number of hydrogen-bond donors (Lipinski definition) is 1. The fourth-order valence-corrected chi connectivity index (χ4v) is 2.34. The van der Waals surface area contributed by atoms with Gasteiger partial charge in [0.1, 0.15) is 17.2 Å². The molecule has 0 aliphatic rings. The lowest BCUT2D eigenvalue weighted by Gasteiger charge is -2.29. The zero-order chi connectivity index (χ0) is 17.7. The molecule has 2 aromatic rings. The number of methoxy groups -OCH3 is 1. The summed E-state index contributed by atoms with van der Waals surface area (Å²) >= 11 is 0. The second-order valence-corrected chi connectivity index (χ2v) is 5.40. The molecule has 24 heavy (non-hydrogen) atoms. The van der Waals surface area contributed by atoms with Gasteiger partial charge >= 0.3 is 5.97 Å². The maximum Gasteiger partial charge on any atom is 0.330 e. The lowest BCUT2D eigenvalue weighted by molar-refractivity contribution is -0.148. The van der Waals surface area contributed by atoms with Gasteiger partial charge in [0.25, 0.3) is 0 Å². The number of rotatable bonds is 5. The first-order valence-electron chi connectivity index (χ1n) is 7.18. The molecule has 1 N–H and O–H groups in total. The third-order valence-corrected chi connectivity index (χ3v) is 3.79. The van der Waals surface area contributed by atoms with Crippen LogP contribution >= 0.6 is 0 Å². The summed E-state index contributed by atoms with van der Waals surface area (Å²) in [6.45, 7) is 1.63. The molecule has 0 bridgehead atoms. The maximum atomic E-state index is 14.1. The van der Waals surface area contributed by atoms with Gasteiger partial charge in [-0.25, -0.2) is 13.6 Å². The number of ether oxygens (including phenoxy) is 1. The van der Waals surface area contributed by atoms with Crippen LogP contribution in [0.15, 0.2) is 42.5 Å². The average Bonchev–Trinajstić information content (AvgIpc) is 2.61. The summed E-state index contributed by atoms with van der Waals surface area (Å²) in [7, 11) is 1.18. The van der Waals surface area contributed by atoms with E-state index in [0.717, 1.165) is 23.8 Å². The first-order valence-corrected chi connectivity index (χ1v) is 7.18. The van der Waals surface area contributed by atoms with Crippen LogP contribution in [0.4, 0.5) is 8.78 Å². The quantitative estimate of drug-likeness (QED) is 0.856. The highest BCUT2D eigenvalue weighted by Crippen LogP contribution is 2.26. The van der Waals surface area contributed by atoms with E-state index < -0.39 is 23.1 Å². The zero-order valence-corrected chi connectivity index (χ0v) is 13.3. The Hall–Kier alpha value is -2.78. The van der Waals surface area contributed by atoms with E-state index in [0.29, 0.717) is 5.56 Å². The van der Waals surface area contributed by atoms with Crippen LogP contribution in [0.1, 0.15) is 23.6 Å². The molecule has 2 rings (SSSR count). The summed E-state index contributed by atoms with van der Waals surface area (Å²) < 4.78 is 32.4. The number of nitrogens with one attached hydrogen (secondary N) is 1. The number of benzene rings is 2. The van der Waals surface area contributed by atoms with Gasteiger partial charge in [0.15, 0.2) is 0 Å². The molecule has 0 fully saturated rings. The van der Waals surface area contributed by atoms with Crippen LogP contribution in [0.3, 0.4) is 0 Å². The lowest BCUT2D eigenvalue weighted by atomic mass is 9.91. The van der Waals surface area contributed by atoms with Gasteiger partial charge in [0.2, 0.25) is 0 Å². The Balaban J connectivity index is 2.32. The smallest absolute Gasteiger partial charge is 0.330 e. The molecule has 6 heteroatoms. The molecular formula is C18H16F2N2O2. The Morgan fingerprint density at radius 2 is 1.92 bits per heavy atom. The summed E-state index contributed by atoms with van der Waals surface area (Å²) in [4.78, 5) is 12.2. The van der Waals surface area contributed by atoms with Gasteiger partial charge in [-0.15, -0.1) is 0 Å². The highest BCUT2D eigenvalue weighted by molar-refractivity contribution is 5.82. The van der Waals surface area contributed by atoms with Gasteiger partial charge in [-0.1, -0.05) is 12.1 Å². The van der Waals surface area contributed by atoms with Crippen LogP contribution in [0.2, 0.25) is 0 Å². The van der Waals surface area contributed by atoms with Crippen LogP contribution in [-0.4, -0.2) is 13.1 Å². The van der Waals surface area contributed by atoms with Crippen molar-refractivity contribution in [1.82, 2.24) is 5.32 Å². The average molecular weight is 330 g/mol. The fraction of sp³-hybridized carbons (Fsp3) is 0.222. The monoisotopic (exact) mass is 330 g/mol. The van der Waals surface area contributed by atoms with Crippen molar-refractivity contribution in [3.63, 3.8) is 0 Å². The minimum atomic E-state index is -1.56. The molecule has 0 amide bonds. The summed E-state index contributed by atoms with van der Waals surface area (Å²) in [5.41, 5.74) is -0.413. The molecular weight excluding hydrogens is 314 g/mol. The van der Waals surface area contributed by atoms with E-state index in [4.69, 9.17) is 10.00 Å². The van der Waals surface area contributed by atoms with E-state index in [1.165, 1.54) is 14.0 Å². The second-order valence-electron chi connectivity index (χ2n) is 5.40. The molecule has 0 aliphatic carbocycles. The molecule has 0 saturated carbocycles. The Morgan fingerprint density at radius 1 is 1.25 bits per heavy atom. The van der Waals surface area contributed by atoms with Crippen molar-refractivity contribution < 1.29 is 18.3 Å². The summed E-state index contributed by atoms with van der Waals surface area (Å²) in [6.07, 6.45) is 0. The Kier molecular flexibility index (Phi) is 5.27. The largest absolute Gasteiger partial charge is 0.467 e. The van der Waals surface area contributed by atoms with E-state index in [-0.39, 0.29) is 12.1 Å². The van der Waals surface area contributed by atoms with Crippen molar-refractivity contribution in [2.24, 2.45) is 0 Å². The Morgan fingerprint density at radius 3 is 2.50 bits per heavy atom. The number of halogens is 2. The molecule has 0 spiro atoms. The van der Waals surface area contributed by atoms with Gasteiger partial charge in [0.05, 0.1) is 18.7 Å². The highest BCUT2D eigenvalue weighted by Gasteiger charge is 2.38. The Labute approximate surface area is 138 Å². The molecule has 0 aliphatic heterocycles. The standard InChI is InChI=1S/C18H16F2N2O2/c1-18(17(23)24-2,15-9-14(19)7-8-16(15)20)22-11-13-5-3-12(10-21)4-6-13/h3-9,22H,11H2,1-2H3/t18-/m0/s1. The minimum Gasteiger partial charge on any atom is -0.467 e. The molecule has 0 heterocycles. The zero-order valence-electron chi connectivity index (χ0n) is 13.3. The first-order chi connectivity index (χ1) is 11.4. The highest BCUT2D eigenvalue weighted by atomic mass is 19.1. The van der Waals surface area contributed by atoms with Crippen molar-refractivity contribution in [3.8, 4) is 6.07 Å². The number of carbonyl (C=O) groups excluding carboxylic acids is 1. The van der Waals surface area contributed by atoms with Crippen molar-refractivity contribution in [2.75, 3.05) is 7.11 Å². The topological polar surface area (TPSA) is 62.1 Å². The van der Waals surface area contributed by atoms with Crippen molar-refractivity contribution in [1.29, 1.82) is 5.26 Å². The Bertz CT molecular complexity index is 785. The van der Waals surface area contributed by atoms with Crippen molar-refractivity contribution in [2.45, 2.75) is 19.0 Å². The van der Waals surface area contributed by atoms with E-state index in [1.807, 2.05) is 6.07 Å². The van der Waals surface area contributed by atoms with Crippen LogP contribution in [0, 0.1) is 23.0 Å². The van der Waals surface area contributed by atoms with Crippen LogP contribution in [0.25, 0.3) is 0 Å². The lowest BCUT2D eigenvalue weighted by Crippen LogP contribution is -2.47. The van der Waals surface area contributed by atoms with Gasteiger partial charge in [-0.05, 0) is 42.8 Å². The van der Waals surface area contributed by atoms with E-state index >= 15 is 0 Å². The summed E-state index contributed by atoms with van der Waals surface area (Å²) in [5, 5.41) is 11.7. The predicted octanol–water partition coefficient (Wildman–Crippen LogP) is 3.01. The third-order valence-electron chi connectivity index (χ3n) is 3.79. The van der Waals surface area contributed by atoms with Gasteiger partial charge in [0, 0.05) is 12.1 Å². The van der Waals surface area contributed by atoms with E-state index in [1.54, 1.807) is 24.3 Å². The number of nitrogens with zero attached hydrogens (tertiary/aromatic N) is 1. The predicted molar refractivity (Wildman–Crippen MR) is 83.7 cm³/mol. The molecule has 0 unspecified atom stereocenters. The van der Waals surface area contributed by atoms with Gasteiger partial charge in [-0.2, -0.15) is 5.26 Å². The number of hydrogen-bond acceptors (Lipinski definition) is 4. The molecule has 0 radical (unpaired) electrons. The van der Waals surface area contributed by atoms with Crippen LogP contribution < -0.4 is 5.32 Å². The molecule has 2 aromatic carbocycles. The molecule has 4 nitrogen and oxygen atoms in total. The number of carbonyl (C=O) groups is 1. The van der Waals surface area contributed by atoms with E-state index in [2.05, 4.69) is 5.32 Å². The molecule has 0 saturated heterocycles. The van der Waals surface area contributed by atoms with Gasteiger partial charge < -0.3 is 4.74 Å². The summed E-state index contributed by atoms with van der Waals surface area (Å²) in [5.74, 6) is -2.10. The normalized spacial score (nSPS) is 13.0. The SMILES string of the molecule is COC(=O)[C@@](C)(NCc1ccc(C#N)cc1)c1cc(F)ccc1F. The molecule has 0 aromatic heterocycles. The minimum absolute atomic E-state index is 0.136. The summed E-state index contributed by atoms with van der Waals surface area (Å²) in [6, 6.07) is 11.6. The maximum absolute atomic E-state index is 14.1. The van der Waals surface area contributed by atoms with Crippen molar-refractivity contribution >= 4 is 5.97 Å². The molecule has 124 valence electrons. The third kappa shape index (κ3) is 3.58. The van der Waals surface area contributed by atoms with Crippen LogP contribution in [0.5, 0.6) is 0 Å². The number of nitriles is 1. The number of esters is 1. The first kappa shape index (κ1) is 17.6.